The second-order valence-electron chi connectivity index (χ2n) is 3.63. The van der Waals surface area contributed by atoms with Crippen LogP contribution in [0.4, 0.5) is 5.69 Å². The summed E-state index contributed by atoms with van der Waals surface area (Å²) in [7, 11) is 0. The first-order valence-electron chi connectivity index (χ1n) is 5.14. The number of benzene rings is 1. The van der Waals surface area contributed by atoms with Crippen LogP contribution in [0.1, 0.15) is 20.3 Å². The highest BCUT2D eigenvalue weighted by Crippen LogP contribution is 2.19. The third kappa shape index (κ3) is 3.62. The molecule has 2 heteroatoms. The molecule has 0 saturated heterocycles. The fourth-order valence-corrected chi connectivity index (χ4v) is 1.63. The van der Waals surface area contributed by atoms with Gasteiger partial charge in [0.25, 0.3) is 0 Å². The third-order valence-electron chi connectivity index (χ3n) is 2.42. The van der Waals surface area contributed by atoms with Crippen LogP contribution >= 0.6 is 11.8 Å². The molecule has 1 rings (SSSR count). The summed E-state index contributed by atoms with van der Waals surface area (Å²) in [4.78, 5) is 1.32. The zero-order chi connectivity index (χ0) is 10.4. The Morgan fingerprint density at radius 3 is 2.86 bits per heavy atom. The van der Waals surface area contributed by atoms with Gasteiger partial charge in [-0.1, -0.05) is 26.3 Å². The second-order valence-corrected chi connectivity index (χ2v) is 4.51. The molecule has 0 spiro atoms. The van der Waals surface area contributed by atoms with Crippen LogP contribution in [-0.4, -0.2) is 12.8 Å². The first-order chi connectivity index (χ1) is 6.76. The van der Waals surface area contributed by atoms with Crippen molar-refractivity contribution in [2.24, 2.45) is 5.92 Å². The Balaban J connectivity index is 2.50. The molecule has 1 atom stereocenters. The van der Waals surface area contributed by atoms with Crippen molar-refractivity contribution >= 4 is 17.4 Å². The van der Waals surface area contributed by atoms with Crippen LogP contribution < -0.4 is 5.32 Å². The van der Waals surface area contributed by atoms with Crippen LogP contribution in [0.3, 0.4) is 0 Å². The molecular formula is C12H19NS. The quantitative estimate of drug-likeness (QED) is 0.739. The van der Waals surface area contributed by atoms with Gasteiger partial charge in [-0.15, -0.1) is 11.8 Å². The maximum atomic E-state index is 3.46. The topological polar surface area (TPSA) is 12.0 Å². The van der Waals surface area contributed by atoms with Gasteiger partial charge < -0.3 is 5.32 Å². The van der Waals surface area contributed by atoms with E-state index in [2.05, 4.69) is 49.7 Å². The third-order valence-corrected chi connectivity index (χ3v) is 3.15. The van der Waals surface area contributed by atoms with Gasteiger partial charge in [-0.3, -0.25) is 0 Å². The summed E-state index contributed by atoms with van der Waals surface area (Å²) in [6, 6.07) is 8.57. The largest absolute Gasteiger partial charge is 0.385 e. The lowest BCUT2D eigenvalue weighted by atomic mass is 10.1. The minimum Gasteiger partial charge on any atom is -0.385 e. The zero-order valence-corrected chi connectivity index (χ0v) is 10.0. The highest BCUT2D eigenvalue weighted by molar-refractivity contribution is 7.98. The fourth-order valence-electron chi connectivity index (χ4n) is 1.17. The van der Waals surface area contributed by atoms with Gasteiger partial charge in [0.05, 0.1) is 0 Å². The summed E-state index contributed by atoms with van der Waals surface area (Å²) in [5.74, 6) is 0.743. The predicted octanol–water partition coefficient (Wildman–Crippen LogP) is 3.87. The molecule has 0 aliphatic rings. The lowest BCUT2D eigenvalue weighted by Crippen LogP contribution is -2.09. The molecule has 1 aromatic carbocycles. The minimum atomic E-state index is 0.743. The Morgan fingerprint density at radius 1 is 1.43 bits per heavy atom. The molecule has 0 aliphatic heterocycles. The monoisotopic (exact) mass is 209 g/mol. The van der Waals surface area contributed by atoms with E-state index in [1.807, 2.05) is 0 Å². The number of hydrogen-bond acceptors (Lipinski definition) is 2. The molecule has 0 heterocycles. The molecule has 0 saturated carbocycles. The van der Waals surface area contributed by atoms with Gasteiger partial charge in [-0.05, 0) is 30.4 Å². The van der Waals surface area contributed by atoms with E-state index >= 15 is 0 Å². The SMILES string of the molecule is CC[C@H](C)CNc1cccc(SC)c1. The second kappa shape index (κ2) is 5.97. The maximum absolute atomic E-state index is 3.46. The van der Waals surface area contributed by atoms with E-state index in [9.17, 15) is 0 Å². The lowest BCUT2D eigenvalue weighted by molar-refractivity contribution is 0.593. The molecular weight excluding hydrogens is 190 g/mol. The van der Waals surface area contributed by atoms with Crippen molar-refractivity contribution < 1.29 is 0 Å². The molecule has 0 amide bonds. The van der Waals surface area contributed by atoms with Gasteiger partial charge >= 0.3 is 0 Å². The van der Waals surface area contributed by atoms with Crippen molar-refractivity contribution in [3.05, 3.63) is 24.3 Å². The first-order valence-corrected chi connectivity index (χ1v) is 6.36. The number of anilines is 1. The molecule has 78 valence electrons. The first kappa shape index (κ1) is 11.4. The Kier molecular flexibility index (Phi) is 4.88. The number of rotatable bonds is 5. The van der Waals surface area contributed by atoms with E-state index in [1.54, 1.807) is 11.8 Å². The van der Waals surface area contributed by atoms with Crippen molar-refractivity contribution in [2.75, 3.05) is 18.1 Å². The van der Waals surface area contributed by atoms with Crippen LogP contribution in [0, 0.1) is 5.92 Å². The average Bonchev–Trinajstić information content (AvgIpc) is 2.26. The summed E-state index contributed by atoms with van der Waals surface area (Å²) in [6.45, 7) is 5.56. The van der Waals surface area contributed by atoms with Gasteiger partial charge in [0.15, 0.2) is 0 Å². The molecule has 0 radical (unpaired) electrons. The standard InChI is InChI=1S/C12H19NS/c1-4-10(2)9-13-11-6-5-7-12(8-11)14-3/h5-8,10,13H,4,9H2,1-3H3/t10-/m0/s1. The molecule has 14 heavy (non-hydrogen) atoms. The Bertz CT molecular complexity index is 273. The smallest absolute Gasteiger partial charge is 0.0351 e. The summed E-state index contributed by atoms with van der Waals surface area (Å²) >= 11 is 1.78. The maximum Gasteiger partial charge on any atom is 0.0351 e. The minimum absolute atomic E-state index is 0.743. The van der Waals surface area contributed by atoms with Crippen LogP contribution in [0.25, 0.3) is 0 Å². The highest BCUT2D eigenvalue weighted by Gasteiger charge is 1.98. The van der Waals surface area contributed by atoms with E-state index in [4.69, 9.17) is 0 Å². The zero-order valence-electron chi connectivity index (χ0n) is 9.21. The van der Waals surface area contributed by atoms with Crippen LogP contribution in [0.2, 0.25) is 0 Å². The normalized spacial score (nSPS) is 12.5. The molecule has 0 aliphatic carbocycles. The van der Waals surface area contributed by atoms with Crippen molar-refractivity contribution in [2.45, 2.75) is 25.2 Å². The van der Waals surface area contributed by atoms with Gasteiger partial charge in [-0.25, -0.2) is 0 Å². The summed E-state index contributed by atoms with van der Waals surface area (Å²) in [5.41, 5.74) is 1.23. The predicted molar refractivity (Wildman–Crippen MR) is 66.2 cm³/mol. The van der Waals surface area contributed by atoms with Gasteiger partial charge in [0, 0.05) is 17.1 Å². The Morgan fingerprint density at radius 2 is 2.21 bits per heavy atom. The van der Waals surface area contributed by atoms with Crippen molar-refractivity contribution in [1.82, 2.24) is 0 Å². The summed E-state index contributed by atoms with van der Waals surface area (Å²) in [5, 5.41) is 3.46. The highest BCUT2D eigenvalue weighted by atomic mass is 32.2. The van der Waals surface area contributed by atoms with Gasteiger partial charge in [-0.2, -0.15) is 0 Å². The van der Waals surface area contributed by atoms with Crippen molar-refractivity contribution in [3.8, 4) is 0 Å². The molecule has 1 N–H and O–H groups in total. The summed E-state index contributed by atoms with van der Waals surface area (Å²) in [6.07, 6.45) is 3.34. The molecule has 0 fully saturated rings. The van der Waals surface area contributed by atoms with Crippen LogP contribution in [0.5, 0.6) is 0 Å². The van der Waals surface area contributed by atoms with Gasteiger partial charge in [0.2, 0.25) is 0 Å². The van der Waals surface area contributed by atoms with E-state index < -0.39 is 0 Å². The van der Waals surface area contributed by atoms with Crippen molar-refractivity contribution in [3.63, 3.8) is 0 Å². The molecule has 1 nitrogen and oxygen atoms in total. The molecule has 0 aromatic heterocycles. The van der Waals surface area contributed by atoms with Gasteiger partial charge in [0.1, 0.15) is 0 Å². The average molecular weight is 209 g/mol. The number of thioether (sulfide) groups is 1. The van der Waals surface area contributed by atoms with Crippen LogP contribution in [-0.2, 0) is 0 Å². The number of nitrogens with one attached hydrogen (secondary N) is 1. The van der Waals surface area contributed by atoms with E-state index in [0.29, 0.717) is 0 Å². The fraction of sp³-hybridized carbons (Fsp3) is 0.500. The van der Waals surface area contributed by atoms with Crippen molar-refractivity contribution in [1.29, 1.82) is 0 Å². The number of hydrogen-bond donors (Lipinski definition) is 1. The Hall–Kier alpha value is -0.630. The van der Waals surface area contributed by atoms with Crippen LogP contribution in [0.15, 0.2) is 29.2 Å². The molecule has 1 aromatic rings. The van der Waals surface area contributed by atoms with E-state index in [0.717, 1.165) is 12.5 Å². The lowest BCUT2D eigenvalue weighted by Gasteiger charge is -2.11. The molecule has 0 bridgehead atoms. The summed E-state index contributed by atoms with van der Waals surface area (Å²) < 4.78 is 0. The molecule has 0 unspecified atom stereocenters. The van der Waals surface area contributed by atoms with E-state index in [1.165, 1.54) is 17.0 Å². The Labute approximate surface area is 91.3 Å². The van der Waals surface area contributed by atoms with E-state index in [-0.39, 0.29) is 0 Å².